The summed E-state index contributed by atoms with van der Waals surface area (Å²) in [5, 5.41) is 4.17. The standard InChI is InChI=1S/C20H16N6O/c21-18-13-9-11(10-23-19(13)26-20(22)25-18)8-12-4-3-7-16-17(12)24-14-5-1-2-6-15(14)27-16/h1-7,9-10,24H,8H2,(H4,21,22,23,25,26). The molecule has 2 aromatic carbocycles. The molecule has 1 aliphatic rings. The van der Waals surface area contributed by atoms with Crippen molar-refractivity contribution in [3.63, 3.8) is 0 Å². The van der Waals surface area contributed by atoms with Crippen molar-refractivity contribution >= 4 is 34.2 Å². The van der Waals surface area contributed by atoms with Crippen molar-refractivity contribution < 1.29 is 4.74 Å². The lowest BCUT2D eigenvalue weighted by atomic mass is 10.0. The Kier molecular flexibility index (Phi) is 3.33. The average molecular weight is 356 g/mol. The van der Waals surface area contributed by atoms with Gasteiger partial charge >= 0.3 is 0 Å². The van der Waals surface area contributed by atoms with Gasteiger partial charge in [0.05, 0.1) is 16.8 Å². The van der Waals surface area contributed by atoms with Crippen LogP contribution < -0.4 is 21.5 Å². The molecule has 0 amide bonds. The van der Waals surface area contributed by atoms with Crippen LogP contribution in [0.15, 0.2) is 54.7 Å². The maximum atomic E-state index is 6.03. The summed E-state index contributed by atoms with van der Waals surface area (Å²) < 4.78 is 6.03. The fourth-order valence-corrected chi connectivity index (χ4v) is 3.27. The average Bonchev–Trinajstić information content (AvgIpc) is 2.67. The molecule has 0 spiro atoms. The number of nitrogen functional groups attached to an aromatic ring is 2. The predicted octanol–water partition coefficient (Wildman–Crippen LogP) is 3.63. The molecule has 7 heteroatoms. The molecule has 0 saturated carbocycles. The number of nitrogens with zero attached hydrogens (tertiary/aromatic N) is 3. The number of hydrogen-bond donors (Lipinski definition) is 3. The Morgan fingerprint density at radius 3 is 2.74 bits per heavy atom. The van der Waals surface area contributed by atoms with Crippen LogP contribution in [0.1, 0.15) is 11.1 Å². The smallest absolute Gasteiger partial charge is 0.224 e. The number of benzene rings is 2. The highest BCUT2D eigenvalue weighted by molar-refractivity contribution is 5.86. The Morgan fingerprint density at radius 1 is 0.963 bits per heavy atom. The SMILES string of the molecule is Nc1nc(N)c2cc(Cc3cccc4c3Nc3ccccc3O4)cnc2n1. The second-order valence-electron chi connectivity index (χ2n) is 6.37. The van der Waals surface area contributed by atoms with E-state index in [1.807, 2.05) is 42.5 Å². The summed E-state index contributed by atoms with van der Waals surface area (Å²) in [5.74, 6) is 2.07. The molecule has 0 fully saturated rings. The highest BCUT2D eigenvalue weighted by atomic mass is 16.5. The van der Waals surface area contributed by atoms with Crippen molar-refractivity contribution in [1.82, 2.24) is 15.0 Å². The molecule has 0 aliphatic carbocycles. The van der Waals surface area contributed by atoms with E-state index in [0.717, 1.165) is 34.0 Å². The van der Waals surface area contributed by atoms with Crippen LogP contribution in [-0.4, -0.2) is 15.0 Å². The second kappa shape index (κ2) is 5.84. The fourth-order valence-electron chi connectivity index (χ4n) is 3.27. The minimum atomic E-state index is 0.123. The third-order valence-corrected chi connectivity index (χ3v) is 4.53. The number of fused-ring (bicyclic) bond motifs is 3. The van der Waals surface area contributed by atoms with Crippen LogP contribution in [0.25, 0.3) is 11.0 Å². The van der Waals surface area contributed by atoms with Gasteiger partial charge < -0.3 is 21.5 Å². The van der Waals surface area contributed by atoms with Gasteiger partial charge in [-0.2, -0.15) is 9.97 Å². The molecule has 1 aliphatic heterocycles. The number of hydrogen-bond acceptors (Lipinski definition) is 7. The lowest BCUT2D eigenvalue weighted by Crippen LogP contribution is -2.06. The van der Waals surface area contributed by atoms with Crippen LogP contribution in [0, 0.1) is 0 Å². The third kappa shape index (κ3) is 2.65. The molecule has 0 bridgehead atoms. The van der Waals surface area contributed by atoms with Gasteiger partial charge in [-0.25, -0.2) is 4.98 Å². The van der Waals surface area contributed by atoms with Gasteiger partial charge in [0, 0.05) is 12.6 Å². The van der Waals surface area contributed by atoms with Gasteiger partial charge in [0.15, 0.2) is 17.1 Å². The predicted molar refractivity (Wildman–Crippen MR) is 105 cm³/mol. The number of rotatable bonds is 2. The zero-order valence-corrected chi connectivity index (χ0v) is 14.3. The van der Waals surface area contributed by atoms with Gasteiger partial charge in [-0.3, -0.25) is 0 Å². The Balaban J connectivity index is 1.53. The van der Waals surface area contributed by atoms with Crippen molar-refractivity contribution in [2.24, 2.45) is 0 Å². The van der Waals surface area contributed by atoms with Crippen LogP contribution in [0.2, 0.25) is 0 Å². The van der Waals surface area contributed by atoms with Crippen molar-refractivity contribution in [3.05, 3.63) is 65.9 Å². The quantitative estimate of drug-likeness (QED) is 0.443. The van der Waals surface area contributed by atoms with Crippen LogP contribution >= 0.6 is 0 Å². The molecule has 0 saturated heterocycles. The summed E-state index contributed by atoms with van der Waals surface area (Å²) >= 11 is 0. The Morgan fingerprint density at radius 2 is 1.81 bits per heavy atom. The van der Waals surface area contributed by atoms with E-state index in [-0.39, 0.29) is 5.95 Å². The number of para-hydroxylation sites is 3. The first-order valence-corrected chi connectivity index (χ1v) is 8.51. The van der Waals surface area contributed by atoms with E-state index in [0.29, 0.717) is 23.3 Å². The zero-order chi connectivity index (χ0) is 18.4. The number of aromatic nitrogens is 3. The van der Waals surface area contributed by atoms with E-state index in [1.165, 1.54) is 0 Å². The summed E-state index contributed by atoms with van der Waals surface area (Å²) in [4.78, 5) is 12.5. The van der Waals surface area contributed by atoms with Gasteiger partial charge in [-0.1, -0.05) is 24.3 Å². The number of nitrogens with two attached hydrogens (primary N) is 2. The molecule has 3 heterocycles. The molecular weight excluding hydrogens is 340 g/mol. The molecule has 5 rings (SSSR count). The highest BCUT2D eigenvalue weighted by Crippen LogP contribution is 2.43. The van der Waals surface area contributed by atoms with E-state index in [1.54, 1.807) is 6.20 Å². The third-order valence-electron chi connectivity index (χ3n) is 4.53. The molecule has 2 aromatic heterocycles. The number of nitrogens with one attached hydrogen (secondary N) is 1. The van der Waals surface area contributed by atoms with E-state index < -0.39 is 0 Å². The normalized spacial score (nSPS) is 12.0. The summed E-state index contributed by atoms with van der Waals surface area (Å²) in [6.45, 7) is 0. The molecule has 7 nitrogen and oxygen atoms in total. The van der Waals surface area contributed by atoms with Crippen molar-refractivity contribution in [2.45, 2.75) is 6.42 Å². The van der Waals surface area contributed by atoms with Crippen molar-refractivity contribution in [3.8, 4) is 11.5 Å². The Bertz CT molecular complexity index is 1190. The monoisotopic (exact) mass is 356 g/mol. The maximum absolute atomic E-state index is 6.03. The van der Waals surface area contributed by atoms with E-state index in [4.69, 9.17) is 16.2 Å². The summed E-state index contributed by atoms with van der Waals surface area (Å²) in [7, 11) is 0. The van der Waals surface area contributed by atoms with Gasteiger partial charge in [0.2, 0.25) is 5.95 Å². The molecule has 0 atom stereocenters. The minimum Gasteiger partial charge on any atom is -0.453 e. The van der Waals surface area contributed by atoms with Gasteiger partial charge in [0.1, 0.15) is 5.82 Å². The second-order valence-corrected chi connectivity index (χ2v) is 6.37. The first-order chi connectivity index (χ1) is 13.2. The van der Waals surface area contributed by atoms with Gasteiger partial charge in [-0.15, -0.1) is 0 Å². The molecule has 0 unspecified atom stereocenters. The molecule has 132 valence electrons. The molecule has 27 heavy (non-hydrogen) atoms. The lowest BCUT2D eigenvalue weighted by Gasteiger charge is -2.24. The number of anilines is 4. The van der Waals surface area contributed by atoms with Gasteiger partial charge in [0.25, 0.3) is 0 Å². The van der Waals surface area contributed by atoms with Gasteiger partial charge in [-0.05, 0) is 35.4 Å². The van der Waals surface area contributed by atoms with Crippen LogP contribution in [0.3, 0.4) is 0 Å². The number of pyridine rings is 1. The van der Waals surface area contributed by atoms with E-state index >= 15 is 0 Å². The first kappa shape index (κ1) is 15.4. The summed E-state index contributed by atoms with van der Waals surface area (Å²) in [6, 6.07) is 15.8. The molecular formula is C20H16N6O. The Hall–Kier alpha value is -3.87. The molecule has 5 N–H and O–H groups in total. The molecule has 4 aromatic rings. The van der Waals surface area contributed by atoms with E-state index in [9.17, 15) is 0 Å². The maximum Gasteiger partial charge on any atom is 0.224 e. The fraction of sp³-hybridized carbons (Fsp3) is 0.0500. The first-order valence-electron chi connectivity index (χ1n) is 8.51. The number of ether oxygens (including phenoxy) is 1. The lowest BCUT2D eigenvalue weighted by molar-refractivity contribution is 0.480. The van der Waals surface area contributed by atoms with E-state index in [2.05, 4.69) is 26.3 Å². The largest absolute Gasteiger partial charge is 0.453 e. The molecule has 0 radical (unpaired) electrons. The minimum absolute atomic E-state index is 0.123. The van der Waals surface area contributed by atoms with Crippen molar-refractivity contribution in [1.29, 1.82) is 0 Å². The summed E-state index contributed by atoms with van der Waals surface area (Å²) in [5.41, 5.74) is 16.1. The highest BCUT2D eigenvalue weighted by Gasteiger charge is 2.19. The topological polar surface area (TPSA) is 112 Å². The van der Waals surface area contributed by atoms with Crippen LogP contribution in [0.5, 0.6) is 11.5 Å². The summed E-state index contributed by atoms with van der Waals surface area (Å²) in [6.07, 6.45) is 2.44. The van der Waals surface area contributed by atoms with Crippen LogP contribution in [0.4, 0.5) is 23.1 Å². The van der Waals surface area contributed by atoms with Crippen LogP contribution in [-0.2, 0) is 6.42 Å². The van der Waals surface area contributed by atoms with Crippen molar-refractivity contribution in [2.75, 3.05) is 16.8 Å². The Labute approximate surface area is 155 Å². The zero-order valence-electron chi connectivity index (χ0n) is 14.3.